The summed E-state index contributed by atoms with van der Waals surface area (Å²) in [5.74, 6) is 0.492. The van der Waals surface area contributed by atoms with E-state index in [1.165, 1.54) is 30.8 Å². The second kappa shape index (κ2) is 9.77. The number of benzene rings is 1. The Kier molecular flexibility index (Phi) is 7.63. The van der Waals surface area contributed by atoms with Gasteiger partial charge in [-0.3, -0.25) is 9.59 Å². The normalized spacial score (nSPS) is 11.4. The number of ether oxygens (including phenoxy) is 2. The largest absolute Gasteiger partial charge is 0.493 e. The highest BCUT2D eigenvalue weighted by Gasteiger charge is 2.22. The minimum atomic E-state index is -3.75. The first-order valence-corrected chi connectivity index (χ1v) is 10.8. The van der Waals surface area contributed by atoms with Crippen molar-refractivity contribution < 1.29 is 22.7 Å². The number of pyridine rings is 1. The summed E-state index contributed by atoms with van der Waals surface area (Å²) < 4.78 is 38.2. The maximum Gasteiger partial charge on any atom is 0.251 e. The Bertz CT molecular complexity index is 1070. The number of carbonyl (C=O) groups excluding carboxylic acids is 1. The third kappa shape index (κ3) is 5.00. The van der Waals surface area contributed by atoms with Gasteiger partial charge in [-0.05, 0) is 24.6 Å². The number of sulfonamides is 1. The van der Waals surface area contributed by atoms with Crippen LogP contribution in [-0.2, 0) is 21.4 Å². The van der Waals surface area contributed by atoms with Crippen molar-refractivity contribution in [1.82, 2.24) is 8.87 Å². The first-order chi connectivity index (χ1) is 14.2. The fourth-order valence-corrected chi connectivity index (χ4v) is 4.44. The smallest absolute Gasteiger partial charge is 0.251 e. The van der Waals surface area contributed by atoms with Crippen molar-refractivity contribution in [1.29, 1.82) is 0 Å². The van der Waals surface area contributed by atoms with Crippen molar-refractivity contribution in [2.45, 2.75) is 32.2 Å². The van der Waals surface area contributed by atoms with Gasteiger partial charge in [-0.25, -0.2) is 8.42 Å². The molecule has 0 aliphatic rings. The maximum absolute atomic E-state index is 12.7. The van der Waals surface area contributed by atoms with E-state index in [4.69, 9.17) is 9.47 Å². The highest BCUT2D eigenvalue weighted by atomic mass is 32.2. The van der Waals surface area contributed by atoms with E-state index in [1.807, 2.05) is 0 Å². The van der Waals surface area contributed by atoms with Crippen LogP contribution < -0.4 is 20.3 Å². The zero-order valence-corrected chi connectivity index (χ0v) is 18.6. The van der Waals surface area contributed by atoms with Crippen molar-refractivity contribution in [2.75, 3.05) is 32.6 Å². The van der Waals surface area contributed by atoms with Crippen LogP contribution >= 0.6 is 0 Å². The van der Waals surface area contributed by atoms with Gasteiger partial charge in [-0.2, -0.15) is 4.31 Å². The number of amides is 1. The highest BCUT2D eigenvalue weighted by Crippen LogP contribution is 2.32. The number of aryl methyl sites for hydroxylation is 1. The molecule has 0 spiro atoms. The van der Waals surface area contributed by atoms with Gasteiger partial charge in [0, 0.05) is 37.1 Å². The van der Waals surface area contributed by atoms with Gasteiger partial charge in [0.1, 0.15) is 6.54 Å². The molecular formula is C20H27N3O6S. The Morgan fingerprint density at radius 1 is 1.10 bits per heavy atom. The number of aromatic nitrogens is 1. The predicted molar refractivity (Wildman–Crippen MR) is 114 cm³/mol. The zero-order valence-electron chi connectivity index (χ0n) is 17.8. The van der Waals surface area contributed by atoms with E-state index >= 15 is 0 Å². The molecule has 0 aliphatic heterocycles. The lowest BCUT2D eigenvalue weighted by Gasteiger charge is -2.19. The summed E-state index contributed by atoms with van der Waals surface area (Å²) in [6.07, 6.45) is 1.19. The molecule has 9 nitrogen and oxygen atoms in total. The van der Waals surface area contributed by atoms with Gasteiger partial charge in [0.25, 0.3) is 5.56 Å². The Morgan fingerprint density at radius 2 is 1.70 bits per heavy atom. The van der Waals surface area contributed by atoms with E-state index in [-0.39, 0.29) is 11.4 Å². The fourth-order valence-electron chi connectivity index (χ4n) is 2.96. The minimum absolute atomic E-state index is 0.0408. The molecule has 1 amide bonds. The number of carbonyl (C=O) groups is 1. The molecule has 0 aliphatic carbocycles. The van der Waals surface area contributed by atoms with Gasteiger partial charge in [0.2, 0.25) is 15.9 Å². The molecule has 0 atom stereocenters. The lowest BCUT2D eigenvalue weighted by Crippen LogP contribution is -2.33. The van der Waals surface area contributed by atoms with Gasteiger partial charge in [0.15, 0.2) is 11.5 Å². The lowest BCUT2D eigenvalue weighted by molar-refractivity contribution is -0.116. The van der Waals surface area contributed by atoms with Crippen LogP contribution in [0.2, 0.25) is 0 Å². The molecule has 2 aromatic rings. The molecule has 0 fully saturated rings. The van der Waals surface area contributed by atoms with Crippen LogP contribution in [0.3, 0.4) is 0 Å². The molecule has 2 rings (SSSR count). The first-order valence-electron chi connectivity index (χ1n) is 9.41. The molecule has 0 radical (unpaired) electrons. The van der Waals surface area contributed by atoms with Crippen molar-refractivity contribution >= 4 is 21.6 Å². The monoisotopic (exact) mass is 437 g/mol. The molecule has 0 unspecified atom stereocenters. The molecule has 10 heteroatoms. The minimum Gasteiger partial charge on any atom is -0.493 e. The zero-order chi connectivity index (χ0) is 22.5. The molecule has 1 N–H and O–H groups in total. The lowest BCUT2D eigenvalue weighted by atomic mass is 10.1. The highest BCUT2D eigenvalue weighted by molar-refractivity contribution is 7.89. The summed E-state index contributed by atoms with van der Waals surface area (Å²) in [4.78, 5) is 24.7. The number of hydrogen-bond acceptors (Lipinski definition) is 6. The summed E-state index contributed by atoms with van der Waals surface area (Å²) in [7, 11) is -0.746. The number of anilines is 1. The molecule has 30 heavy (non-hydrogen) atoms. The predicted octanol–water partition coefficient (Wildman–Crippen LogP) is 1.84. The quantitative estimate of drug-likeness (QED) is 0.642. The van der Waals surface area contributed by atoms with Crippen molar-refractivity contribution in [2.24, 2.45) is 0 Å². The topological polar surface area (TPSA) is 107 Å². The van der Waals surface area contributed by atoms with E-state index in [0.29, 0.717) is 30.3 Å². The average molecular weight is 438 g/mol. The van der Waals surface area contributed by atoms with Gasteiger partial charge in [-0.15, -0.1) is 0 Å². The Morgan fingerprint density at radius 3 is 2.27 bits per heavy atom. The van der Waals surface area contributed by atoms with Crippen LogP contribution in [0.4, 0.5) is 5.69 Å². The second-order valence-electron chi connectivity index (χ2n) is 6.49. The second-order valence-corrected chi connectivity index (χ2v) is 8.43. The van der Waals surface area contributed by atoms with Crippen LogP contribution in [0.25, 0.3) is 0 Å². The van der Waals surface area contributed by atoms with Crippen LogP contribution in [0.15, 0.2) is 40.2 Å². The van der Waals surface area contributed by atoms with Crippen LogP contribution in [-0.4, -0.2) is 50.5 Å². The van der Waals surface area contributed by atoms with Crippen LogP contribution in [0, 0.1) is 6.92 Å². The summed E-state index contributed by atoms with van der Waals surface area (Å²) in [6.45, 7) is 5.52. The van der Waals surface area contributed by atoms with E-state index in [2.05, 4.69) is 5.32 Å². The Labute approximate surface area is 176 Å². The van der Waals surface area contributed by atoms with Crippen molar-refractivity contribution in [3.63, 3.8) is 0 Å². The maximum atomic E-state index is 12.7. The van der Waals surface area contributed by atoms with Gasteiger partial charge < -0.3 is 19.4 Å². The molecule has 164 valence electrons. The van der Waals surface area contributed by atoms with Gasteiger partial charge in [-0.1, -0.05) is 13.8 Å². The van der Waals surface area contributed by atoms with E-state index in [9.17, 15) is 18.0 Å². The number of nitrogens with one attached hydrogen (secondary N) is 1. The fraction of sp³-hybridized carbons (Fsp3) is 0.400. The molecule has 1 aromatic carbocycles. The standard InChI is InChI=1S/C20H27N3O6S/c1-6-23(7-2)30(26,27)15-8-9-20(25)22(12-15)13-19(24)21-16-11-18(29-5)17(28-4)10-14(16)3/h8-12H,6-7,13H2,1-5H3,(H,21,24). The molecule has 0 saturated heterocycles. The van der Waals surface area contributed by atoms with E-state index in [0.717, 1.165) is 16.2 Å². The van der Waals surface area contributed by atoms with Crippen LogP contribution in [0.1, 0.15) is 19.4 Å². The number of hydrogen-bond donors (Lipinski definition) is 1. The summed E-state index contributed by atoms with van der Waals surface area (Å²) in [6, 6.07) is 5.74. The Hall–Kier alpha value is -2.85. The molecule has 1 heterocycles. The van der Waals surface area contributed by atoms with Crippen molar-refractivity contribution in [3.05, 3.63) is 46.4 Å². The first kappa shape index (κ1) is 23.4. The van der Waals surface area contributed by atoms with Gasteiger partial charge >= 0.3 is 0 Å². The molecule has 1 aromatic heterocycles. The summed E-state index contributed by atoms with van der Waals surface area (Å²) in [5, 5.41) is 2.72. The molecule has 0 saturated carbocycles. The summed E-state index contributed by atoms with van der Waals surface area (Å²) >= 11 is 0. The van der Waals surface area contributed by atoms with Crippen molar-refractivity contribution in [3.8, 4) is 11.5 Å². The van der Waals surface area contributed by atoms with E-state index < -0.39 is 21.5 Å². The van der Waals surface area contributed by atoms with Crippen LogP contribution in [0.5, 0.6) is 11.5 Å². The third-order valence-corrected chi connectivity index (χ3v) is 6.65. The van der Waals surface area contributed by atoms with E-state index in [1.54, 1.807) is 32.9 Å². The average Bonchev–Trinajstić information content (AvgIpc) is 2.71. The third-order valence-electron chi connectivity index (χ3n) is 4.62. The van der Waals surface area contributed by atoms with Gasteiger partial charge in [0.05, 0.1) is 19.1 Å². The summed E-state index contributed by atoms with van der Waals surface area (Å²) in [5.41, 5.74) is 0.761. The molecular weight excluding hydrogens is 410 g/mol. The SMILES string of the molecule is CCN(CC)S(=O)(=O)c1ccc(=O)n(CC(=O)Nc2cc(OC)c(OC)cc2C)c1. The molecule has 0 bridgehead atoms. The number of nitrogens with zero attached hydrogens (tertiary/aromatic N) is 2. The Balaban J connectivity index is 2.29. The number of rotatable bonds is 9. The number of methoxy groups -OCH3 is 2.